The number of benzene rings is 1. The molecule has 1 aromatic rings. The van der Waals surface area contributed by atoms with E-state index in [1.165, 1.54) is 17.1 Å². The summed E-state index contributed by atoms with van der Waals surface area (Å²) < 4.78 is 26.4. The van der Waals surface area contributed by atoms with Crippen LogP contribution in [0.2, 0.25) is 0 Å². The SMILES string of the molecule is CN(CC1CCCC1)S(=O)(=O)c1ccc(CC#N)cc1. The predicted octanol–water partition coefficient (Wildman–Crippen LogP) is 2.56. The average Bonchev–Trinajstić information content (AvgIpc) is 2.92. The van der Waals surface area contributed by atoms with E-state index in [9.17, 15) is 8.42 Å². The Morgan fingerprint density at radius 3 is 2.40 bits per heavy atom. The van der Waals surface area contributed by atoms with Crippen molar-refractivity contribution in [2.24, 2.45) is 5.92 Å². The van der Waals surface area contributed by atoms with Gasteiger partial charge in [-0.2, -0.15) is 5.26 Å². The molecule has 0 aromatic heterocycles. The minimum absolute atomic E-state index is 0.304. The highest BCUT2D eigenvalue weighted by Crippen LogP contribution is 2.27. The molecular weight excluding hydrogens is 272 g/mol. The van der Waals surface area contributed by atoms with Gasteiger partial charge in [-0.05, 0) is 36.5 Å². The fourth-order valence-corrected chi connectivity index (χ4v) is 3.95. The van der Waals surface area contributed by atoms with Crippen LogP contribution in [0, 0.1) is 17.2 Å². The predicted molar refractivity (Wildman–Crippen MR) is 77.5 cm³/mol. The van der Waals surface area contributed by atoms with Gasteiger partial charge in [-0.3, -0.25) is 0 Å². The van der Waals surface area contributed by atoms with Crippen molar-refractivity contribution in [3.8, 4) is 6.07 Å². The second kappa shape index (κ2) is 6.38. The molecule has 20 heavy (non-hydrogen) atoms. The molecule has 0 radical (unpaired) electrons. The van der Waals surface area contributed by atoms with Crippen molar-refractivity contribution in [3.63, 3.8) is 0 Å². The summed E-state index contributed by atoms with van der Waals surface area (Å²) in [6.07, 6.45) is 4.98. The molecule has 0 heterocycles. The van der Waals surface area contributed by atoms with Crippen LogP contribution in [0.1, 0.15) is 31.2 Å². The minimum Gasteiger partial charge on any atom is -0.207 e. The fourth-order valence-electron chi connectivity index (χ4n) is 2.71. The lowest BCUT2D eigenvalue weighted by atomic mass is 10.1. The normalized spacial score (nSPS) is 16.4. The summed E-state index contributed by atoms with van der Waals surface area (Å²) in [5, 5.41) is 8.62. The van der Waals surface area contributed by atoms with Crippen LogP contribution in [-0.2, 0) is 16.4 Å². The van der Waals surface area contributed by atoms with Gasteiger partial charge < -0.3 is 0 Å². The molecule has 0 atom stereocenters. The van der Waals surface area contributed by atoms with E-state index in [0.717, 1.165) is 18.4 Å². The first kappa shape index (κ1) is 15.0. The average molecular weight is 292 g/mol. The molecule has 0 unspecified atom stereocenters. The van der Waals surface area contributed by atoms with Gasteiger partial charge in [0.2, 0.25) is 10.0 Å². The van der Waals surface area contributed by atoms with Crippen LogP contribution in [0.15, 0.2) is 29.2 Å². The monoisotopic (exact) mass is 292 g/mol. The molecule has 0 amide bonds. The third-order valence-corrected chi connectivity index (χ3v) is 5.74. The third kappa shape index (κ3) is 3.38. The number of hydrogen-bond acceptors (Lipinski definition) is 3. The Kier molecular flexibility index (Phi) is 4.79. The molecule has 108 valence electrons. The van der Waals surface area contributed by atoms with Gasteiger partial charge in [0.15, 0.2) is 0 Å². The van der Waals surface area contributed by atoms with Gasteiger partial charge in [-0.1, -0.05) is 25.0 Å². The van der Waals surface area contributed by atoms with Crippen LogP contribution < -0.4 is 0 Å². The highest BCUT2D eigenvalue weighted by Gasteiger charge is 2.25. The van der Waals surface area contributed by atoms with Gasteiger partial charge in [0.05, 0.1) is 17.4 Å². The number of nitrogens with zero attached hydrogens (tertiary/aromatic N) is 2. The molecule has 2 rings (SSSR count). The number of nitriles is 1. The van der Waals surface area contributed by atoms with Crippen LogP contribution in [0.25, 0.3) is 0 Å². The summed E-state index contributed by atoms with van der Waals surface area (Å²) >= 11 is 0. The highest BCUT2D eigenvalue weighted by molar-refractivity contribution is 7.89. The molecule has 1 aliphatic rings. The molecule has 0 aliphatic heterocycles. The molecule has 1 saturated carbocycles. The van der Waals surface area contributed by atoms with E-state index in [1.54, 1.807) is 31.3 Å². The van der Waals surface area contributed by atoms with Crippen molar-refractivity contribution in [2.75, 3.05) is 13.6 Å². The minimum atomic E-state index is -3.41. The summed E-state index contributed by atoms with van der Waals surface area (Å²) in [5.41, 5.74) is 0.838. The first-order valence-corrected chi connectivity index (χ1v) is 8.40. The zero-order valence-corrected chi connectivity index (χ0v) is 12.6. The highest BCUT2D eigenvalue weighted by atomic mass is 32.2. The first-order chi connectivity index (χ1) is 9.54. The van der Waals surface area contributed by atoms with Gasteiger partial charge in [-0.15, -0.1) is 0 Å². The Labute approximate surface area is 121 Å². The van der Waals surface area contributed by atoms with Crippen molar-refractivity contribution in [1.29, 1.82) is 5.26 Å². The van der Waals surface area contributed by atoms with Crippen molar-refractivity contribution in [3.05, 3.63) is 29.8 Å². The summed E-state index contributed by atoms with van der Waals surface area (Å²) in [7, 11) is -1.76. The zero-order valence-electron chi connectivity index (χ0n) is 11.7. The maximum Gasteiger partial charge on any atom is 0.242 e. The molecule has 5 heteroatoms. The van der Waals surface area contributed by atoms with E-state index in [0.29, 0.717) is 23.8 Å². The third-order valence-electron chi connectivity index (χ3n) is 3.90. The number of sulfonamides is 1. The molecular formula is C15H20N2O2S. The van der Waals surface area contributed by atoms with Crippen molar-refractivity contribution in [1.82, 2.24) is 4.31 Å². The maximum absolute atomic E-state index is 12.4. The van der Waals surface area contributed by atoms with Gasteiger partial charge in [0.25, 0.3) is 0 Å². The lowest BCUT2D eigenvalue weighted by molar-refractivity contribution is 0.387. The Hall–Kier alpha value is -1.38. The van der Waals surface area contributed by atoms with E-state index >= 15 is 0 Å². The molecule has 1 aliphatic carbocycles. The molecule has 4 nitrogen and oxygen atoms in total. The van der Waals surface area contributed by atoms with E-state index in [2.05, 4.69) is 6.07 Å². The van der Waals surface area contributed by atoms with Crippen LogP contribution in [0.3, 0.4) is 0 Å². The van der Waals surface area contributed by atoms with E-state index in [1.807, 2.05) is 0 Å². The lowest BCUT2D eigenvalue weighted by Gasteiger charge is -2.20. The number of rotatable bonds is 5. The standard InChI is InChI=1S/C15H20N2O2S/c1-17(12-14-4-2-3-5-14)20(18,19)15-8-6-13(7-9-15)10-11-16/h6-9,14H,2-5,10,12H2,1H3. The van der Waals surface area contributed by atoms with E-state index in [4.69, 9.17) is 5.26 Å². The fraction of sp³-hybridized carbons (Fsp3) is 0.533. The van der Waals surface area contributed by atoms with Gasteiger partial charge in [0, 0.05) is 13.6 Å². The lowest BCUT2D eigenvalue weighted by Crippen LogP contribution is -2.31. The van der Waals surface area contributed by atoms with Gasteiger partial charge in [-0.25, -0.2) is 12.7 Å². The van der Waals surface area contributed by atoms with Crippen molar-refractivity contribution in [2.45, 2.75) is 37.0 Å². The van der Waals surface area contributed by atoms with E-state index < -0.39 is 10.0 Å². The summed E-state index contributed by atoms with van der Waals surface area (Å²) in [6.45, 7) is 0.599. The Morgan fingerprint density at radius 2 is 1.85 bits per heavy atom. The summed E-state index contributed by atoms with van der Waals surface area (Å²) in [4.78, 5) is 0.305. The Balaban J connectivity index is 2.10. The first-order valence-electron chi connectivity index (χ1n) is 6.96. The maximum atomic E-state index is 12.4. The van der Waals surface area contributed by atoms with Crippen molar-refractivity contribution < 1.29 is 8.42 Å². The summed E-state index contributed by atoms with van der Waals surface area (Å²) in [6, 6.07) is 8.65. The van der Waals surface area contributed by atoms with Gasteiger partial charge in [0.1, 0.15) is 0 Å². The van der Waals surface area contributed by atoms with Crippen LogP contribution in [0.4, 0.5) is 0 Å². The molecule has 1 aromatic carbocycles. The quantitative estimate of drug-likeness (QED) is 0.838. The van der Waals surface area contributed by atoms with Crippen LogP contribution in [0.5, 0.6) is 0 Å². The van der Waals surface area contributed by atoms with Gasteiger partial charge >= 0.3 is 0 Å². The molecule has 1 fully saturated rings. The molecule has 0 bridgehead atoms. The second-order valence-corrected chi connectivity index (χ2v) is 7.46. The molecule has 0 N–H and O–H groups in total. The van der Waals surface area contributed by atoms with Crippen molar-refractivity contribution >= 4 is 10.0 Å². The largest absolute Gasteiger partial charge is 0.242 e. The Morgan fingerprint density at radius 1 is 1.25 bits per heavy atom. The smallest absolute Gasteiger partial charge is 0.207 e. The number of hydrogen-bond donors (Lipinski definition) is 0. The van der Waals surface area contributed by atoms with E-state index in [-0.39, 0.29) is 0 Å². The molecule has 0 saturated heterocycles. The molecule has 0 spiro atoms. The Bertz CT molecular complexity index is 581. The summed E-state index contributed by atoms with van der Waals surface area (Å²) in [5.74, 6) is 0.493. The second-order valence-electron chi connectivity index (χ2n) is 5.41. The topological polar surface area (TPSA) is 61.2 Å². The van der Waals surface area contributed by atoms with Crippen LogP contribution in [-0.4, -0.2) is 26.3 Å². The van der Waals surface area contributed by atoms with Crippen LogP contribution >= 0.6 is 0 Å². The zero-order chi connectivity index (χ0) is 14.6.